The third-order valence-electron chi connectivity index (χ3n) is 15.8. The van der Waals surface area contributed by atoms with E-state index in [1.165, 1.54) is 34.6 Å². The van der Waals surface area contributed by atoms with Crippen LogP contribution in [0.5, 0.6) is 0 Å². The number of nitrogens with zero attached hydrogens (tertiary/aromatic N) is 4. The highest BCUT2D eigenvalue weighted by atomic mass is 19.1. The van der Waals surface area contributed by atoms with Crippen LogP contribution in [0.2, 0.25) is 0 Å². The van der Waals surface area contributed by atoms with Crippen LogP contribution in [0.4, 0.5) is 14.9 Å². The fraction of sp³-hybridized carbons (Fsp3) is 0.387. The van der Waals surface area contributed by atoms with Gasteiger partial charge < -0.3 is 61.3 Å². The number of anilines is 1. The molecule has 26 heteroatoms. The first-order valence-corrected chi connectivity index (χ1v) is 28.9. The van der Waals surface area contributed by atoms with Crippen molar-refractivity contribution in [2.75, 3.05) is 58.2 Å². The molecule has 0 bridgehead atoms. The second-order valence-corrected chi connectivity index (χ2v) is 22.1. The maximum Gasteiger partial charge on any atom is 0.409 e. The van der Waals surface area contributed by atoms with Gasteiger partial charge in [-0.1, -0.05) is 48.9 Å². The minimum atomic E-state index is -2.07. The fourth-order valence-corrected chi connectivity index (χ4v) is 11.0. The smallest absolute Gasteiger partial charge is 0.409 e. The Morgan fingerprint density at radius 1 is 0.818 bits per heavy atom. The molecule has 0 unspecified atom stereocenters. The number of halogens is 1. The third-order valence-corrected chi connectivity index (χ3v) is 15.8. The number of ether oxygens (including phenoxy) is 2. The number of aryl methyl sites for hydroxylation is 1. The number of hydrogen-bond donors (Lipinski definition) is 8. The first-order chi connectivity index (χ1) is 42.2. The summed E-state index contributed by atoms with van der Waals surface area (Å²) in [6.07, 6.45) is 4.58. The highest BCUT2D eigenvalue weighted by molar-refractivity contribution is 6.12. The molecule has 5 heterocycles. The van der Waals surface area contributed by atoms with Gasteiger partial charge in [-0.15, -0.1) is 0 Å². The number of amides is 9. The zero-order valence-corrected chi connectivity index (χ0v) is 48.8. The molecular formula is C62H68FN11O14. The van der Waals surface area contributed by atoms with Crippen LogP contribution in [0.15, 0.2) is 83.7 Å². The number of nitrogens with one attached hydrogen (secondary N) is 7. The number of rotatable bonds is 26. The van der Waals surface area contributed by atoms with Crippen LogP contribution >= 0.6 is 0 Å². The molecule has 9 rings (SSSR count). The van der Waals surface area contributed by atoms with Gasteiger partial charge in [-0.3, -0.25) is 48.1 Å². The maximum absolute atomic E-state index is 15.4. The Hall–Kier alpha value is -9.69. The number of unbranched alkanes of at least 4 members (excludes halogenated alkanes) is 2. The summed E-state index contributed by atoms with van der Waals surface area (Å²) in [6.45, 7) is 2.47. The van der Waals surface area contributed by atoms with Crippen LogP contribution in [0.1, 0.15) is 96.0 Å². The largest absolute Gasteiger partial charge is 0.458 e. The minimum absolute atomic E-state index is 0.0675. The molecule has 0 radical (unpaired) electrons. The highest BCUT2D eigenvalue weighted by Crippen LogP contribution is 2.45. The summed E-state index contributed by atoms with van der Waals surface area (Å²) < 4.78 is 27.5. The molecule has 0 spiro atoms. The Bertz CT molecular complexity index is 3680. The zero-order chi connectivity index (χ0) is 62.8. The number of pyridine rings is 2. The van der Waals surface area contributed by atoms with Crippen molar-refractivity contribution in [2.45, 2.75) is 103 Å². The van der Waals surface area contributed by atoms with Crippen molar-refractivity contribution in [3.63, 3.8) is 0 Å². The molecule has 3 atom stereocenters. The third kappa shape index (κ3) is 14.7. The second kappa shape index (κ2) is 27.8. The summed E-state index contributed by atoms with van der Waals surface area (Å²) in [7, 11) is 1.57. The number of carbonyl (C=O) groups excluding carboxylic acids is 10. The number of likely N-dealkylation sites (N-methyl/N-ethyl adjacent to an activating group) is 1. The lowest BCUT2D eigenvalue weighted by atomic mass is 9.81. The molecule has 2 aromatic heterocycles. The molecular weight excluding hydrogens is 1140 g/mol. The van der Waals surface area contributed by atoms with Gasteiger partial charge >= 0.3 is 12.1 Å². The summed E-state index contributed by atoms with van der Waals surface area (Å²) >= 11 is 0. The van der Waals surface area contributed by atoms with E-state index in [1.54, 1.807) is 74.6 Å². The molecule has 0 fully saturated rings. The van der Waals surface area contributed by atoms with Crippen molar-refractivity contribution in [1.82, 2.24) is 51.3 Å². The van der Waals surface area contributed by atoms with E-state index in [4.69, 9.17) is 14.5 Å². The Balaban J connectivity index is 0.672. The van der Waals surface area contributed by atoms with E-state index in [1.807, 2.05) is 0 Å². The fourth-order valence-electron chi connectivity index (χ4n) is 11.0. The van der Waals surface area contributed by atoms with Gasteiger partial charge in [0.05, 0.1) is 54.7 Å². The molecule has 5 aromatic rings. The molecule has 4 aliphatic rings. The van der Waals surface area contributed by atoms with Crippen molar-refractivity contribution < 1.29 is 66.9 Å². The lowest BCUT2D eigenvalue weighted by Crippen LogP contribution is -2.52. The van der Waals surface area contributed by atoms with Gasteiger partial charge in [-0.05, 0) is 85.5 Å². The van der Waals surface area contributed by atoms with E-state index >= 15 is 4.39 Å². The quantitative estimate of drug-likeness (QED) is 0.0219. The summed E-state index contributed by atoms with van der Waals surface area (Å²) in [5.74, 6) is -5.27. The molecule has 0 saturated heterocycles. The van der Waals surface area contributed by atoms with Gasteiger partial charge in [-0.2, -0.15) is 0 Å². The van der Waals surface area contributed by atoms with Crippen LogP contribution in [0, 0.1) is 12.7 Å². The first kappa shape index (κ1) is 62.8. The highest BCUT2D eigenvalue weighted by Gasteiger charge is 2.44. The van der Waals surface area contributed by atoms with E-state index in [0.29, 0.717) is 83.5 Å². The number of imide groups is 1. The second-order valence-electron chi connectivity index (χ2n) is 22.1. The number of fused-ring (bicyclic) bond motifs is 5. The van der Waals surface area contributed by atoms with Gasteiger partial charge in [0.25, 0.3) is 17.4 Å². The molecule has 88 heavy (non-hydrogen) atoms. The van der Waals surface area contributed by atoms with E-state index < -0.39 is 90.3 Å². The van der Waals surface area contributed by atoms with Gasteiger partial charge in [0.1, 0.15) is 25.1 Å². The van der Waals surface area contributed by atoms with Crippen molar-refractivity contribution in [3.05, 3.63) is 140 Å². The van der Waals surface area contributed by atoms with Gasteiger partial charge in [0.2, 0.25) is 35.4 Å². The SMILES string of the molecule is Cc1c(F)cc2nc3c(c4c2c1CC[C@@H]4NC(=O)CCNCCN(C)C(=O)OCc1ccc(NC(=O)CNC(=O)[C@H](Cc2ccccc2)NC(=O)CNC(=O)CNC(=O)CCCCCN2C(=O)C=CC2=O)cc1)Cn1c-3cc2c(c1=O)COC(=O)[C@@]2(C)O. The average Bonchev–Trinajstić information content (AvgIpc) is 1.50. The number of benzene rings is 3. The van der Waals surface area contributed by atoms with Gasteiger partial charge in [0.15, 0.2) is 5.60 Å². The lowest BCUT2D eigenvalue weighted by molar-refractivity contribution is -0.169. The van der Waals surface area contributed by atoms with Crippen LogP contribution < -0.4 is 42.8 Å². The number of hydrogen-bond acceptors (Lipinski definition) is 16. The summed E-state index contributed by atoms with van der Waals surface area (Å²) in [5.41, 5.74) is 3.30. The van der Waals surface area contributed by atoms with Gasteiger partial charge in [-0.25, -0.2) is 19.0 Å². The molecule has 0 saturated carbocycles. The Morgan fingerprint density at radius 3 is 2.28 bits per heavy atom. The van der Waals surface area contributed by atoms with Crippen LogP contribution in [-0.2, 0) is 90.8 Å². The van der Waals surface area contributed by atoms with E-state index in [0.717, 1.165) is 21.4 Å². The standard InChI is InChI=1S/C62H68FN11O14/c1-35-39-17-18-44(56-40-32-74-47(57(40)71-45(55(39)56)28-43(35)63)27-42-41(59(74)83)34-87-60(84)62(42,2)86)69-49(76)21-22-64-23-25-72(3)61(85)88-33-37-13-15-38(16-14-37)68-51(78)31-67-58(82)46(26-36-10-6-4-7-11-36)70-52(79)30-66-50(77)29-65-48(75)12-8-5-9-24-73-53(80)19-20-54(73)81/h4,6-7,10-11,13-16,19-20,27-28,44,46,64,86H,5,8-9,12,17-18,21-26,29-34H2,1-3H3,(H,65,75)(H,66,77)(H,67,82)(H,68,78)(H,69,76)(H,70,79)/t44-,46-,62-/m0/s1. The molecule has 25 nitrogen and oxygen atoms in total. The summed E-state index contributed by atoms with van der Waals surface area (Å²) in [6, 6.07) is 16.6. The number of carbonyl (C=O) groups is 10. The van der Waals surface area contributed by atoms with Crippen LogP contribution in [0.25, 0.3) is 22.3 Å². The normalized spacial score (nSPS) is 16.4. The van der Waals surface area contributed by atoms with Gasteiger partial charge in [0, 0.05) is 92.9 Å². The van der Waals surface area contributed by atoms with E-state index in [9.17, 15) is 57.8 Å². The molecule has 3 aromatic carbocycles. The van der Waals surface area contributed by atoms with Crippen molar-refractivity contribution >= 4 is 75.9 Å². The number of cyclic esters (lactones) is 1. The predicted molar refractivity (Wildman–Crippen MR) is 315 cm³/mol. The average molecular weight is 1210 g/mol. The molecule has 462 valence electrons. The minimum Gasteiger partial charge on any atom is -0.458 e. The van der Waals surface area contributed by atoms with Crippen molar-refractivity contribution in [2.24, 2.45) is 0 Å². The van der Waals surface area contributed by atoms with Crippen LogP contribution in [0.3, 0.4) is 0 Å². The zero-order valence-electron chi connectivity index (χ0n) is 48.8. The van der Waals surface area contributed by atoms with E-state index in [-0.39, 0.29) is 87.5 Å². The van der Waals surface area contributed by atoms with Crippen molar-refractivity contribution in [3.8, 4) is 11.4 Å². The molecule has 8 N–H and O–H groups in total. The number of esters is 1. The monoisotopic (exact) mass is 1210 g/mol. The van der Waals surface area contributed by atoms with Crippen LogP contribution in [-0.4, -0.2) is 143 Å². The maximum atomic E-state index is 15.4. The van der Waals surface area contributed by atoms with Crippen molar-refractivity contribution in [1.29, 1.82) is 0 Å². The summed E-state index contributed by atoms with van der Waals surface area (Å²) in [5, 5.41) is 30.8. The summed E-state index contributed by atoms with van der Waals surface area (Å²) in [4.78, 5) is 147. The molecule has 1 aliphatic carbocycles. The Morgan fingerprint density at radius 2 is 1.53 bits per heavy atom. The predicted octanol–water partition coefficient (Wildman–Crippen LogP) is 1.99. The lowest BCUT2D eigenvalue weighted by Gasteiger charge is -2.30. The first-order valence-electron chi connectivity index (χ1n) is 28.9. The van der Waals surface area contributed by atoms with E-state index in [2.05, 4.69) is 37.2 Å². The number of aliphatic hydroxyl groups is 1. The Labute approximate surface area is 504 Å². The Kier molecular flexibility index (Phi) is 19.8. The number of aromatic nitrogens is 2. The topological polar surface area (TPSA) is 335 Å². The molecule has 9 amide bonds. The molecule has 3 aliphatic heterocycles.